The van der Waals surface area contributed by atoms with E-state index in [0.29, 0.717) is 6.42 Å². The van der Waals surface area contributed by atoms with Gasteiger partial charge in [-0.3, -0.25) is 0 Å². The third-order valence-electron chi connectivity index (χ3n) is 2.62. The van der Waals surface area contributed by atoms with E-state index in [4.69, 9.17) is 0 Å². The Balaban J connectivity index is 1.88. The molecule has 17 heavy (non-hydrogen) atoms. The molecule has 0 amide bonds. The second-order valence-electron chi connectivity index (χ2n) is 3.83. The van der Waals surface area contributed by atoms with Crippen molar-refractivity contribution in [1.82, 2.24) is 4.98 Å². The third-order valence-corrected chi connectivity index (χ3v) is 4.64. The lowest BCUT2D eigenvalue weighted by molar-refractivity contribution is 0.182. The number of thiazole rings is 1. The second kappa shape index (κ2) is 4.56. The third kappa shape index (κ3) is 2.24. The Labute approximate surface area is 107 Å². The summed E-state index contributed by atoms with van der Waals surface area (Å²) in [4.78, 5) is 5.21. The van der Waals surface area contributed by atoms with Crippen LogP contribution in [0.4, 0.5) is 0 Å². The molecule has 3 rings (SSSR count). The summed E-state index contributed by atoms with van der Waals surface area (Å²) in [7, 11) is 0. The van der Waals surface area contributed by atoms with Crippen LogP contribution in [0.3, 0.4) is 0 Å². The monoisotopic (exact) mass is 261 g/mol. The van der Waals surface area contributed by atoms with Gasteiger partial charge in [-0.05, 0) is 17.5 Å². The van der Waals surface area contributed by atoms with Gasteiger partial charge in [0.05, 0.1) is 11.1 Å². The van der Waals surface area contributed by atoms with E-state index in [1.54, 1.807) is 28.9 Å². The molecule has 3 aromatic rings. The molecular formula is C13H11NOS2. The lowest BCUT2D eigenvalue weighted by Gasteiger charge is -2.04. The fraction of sp³-hybridized carbons (Fsp3) is 0.154. The van der Waals surface area contributed by atoms with Gasteiger partial charge >= 0.3 is 0 Å². The molecule has 86 valence electrons. The predicted molar refractivity (Wildman–Crippen MR) is 72.6 cm³/mol. The summed E-state index contributed by atoms with van der Waals surface area (Å²) >= 11 is 3.24. The Kier molecular flexibility index (Phi) is 2.93. The Morgan fingerprint density at radius 1 is 1.29 bits per heavy atom. The standard InChI is InChI=1S/C13H11NOS2/c15-10(8-13-14-5-6-16-13)12-7-9-3-1-2-4-11(9)17-12/h1-7,10,15H,8H2. The first-order valence-corrected chi connectivity index (χ1v) is 7.07. The van der Waals surface area contributed by atoms with Crippen LogP contribution in [0.25, 0.3) is 10.1 Å². The van der Waals surface area contributed by atoms with Crippen molar-refractivity contribution >= 4 is 32.8 Å². The average molecular weight is 261 g/mol. The van der Waals surface area contributed by atoms with Crippen LogP contribution < -0.4 is 0 Å². The van der Waals surface area contributed by atoms with Crippen molar-refractivity contribution in [2.45, 2.75) is 12.5 Å². The maximum Gasteiger partial charge on any atom is 0.0954 e. The topological polar surface area (TPSA) is 33.1 Å². The highest BCUT2D eigenvalue weighted by Crippen LogP contribution is 2.31. The van der Waals surface area contributed by atoms with Crippen LogP contribution in [0.15, 0.2) is 41.9 Å². The van der Waals surface area contributed by atoms with E-state index in [-0.39, 0.29) is 0 Å². The van der Waals surface area contributed by atoms with E-state index in [1.165, 1.54) is 10.1 Å². The highest BCUT2D eigenvalue weighted by molar-refractivity contribution is 7.19. The van der Waals surface area contributed by atoms with E-state index in [2.05, 4.69) is 23.2 Å². The van der Waals surface area contributed by atoms with Crippen LogP contribution in [0.5, 0.6) is 0 Å². The summed E-state index contributed by atoms with van der Waals surface area (Å²) in [5.74, 6) is 0. The van der Waals surface area contributed by atoms with E-state index in [1.807, 2.05) is 17.5 Å². The number of aliphatic hydroxyl groups excluding tert-OH is 1. The first kappa shape index (κ1) is 10.9. The zero-order valence-corrected chi connectivity index (χ0v) is 10.7. The quantitative estimate of drug-likeness (QED) is 0.781. The molecule has 0 aliphatic heterocycles. The van der Waals surface area contributed by atoms with Gasteiger partial charge in [0.25, 0.3) is 0 Å². The minimum absolute atomic E-state index is 0.446. The molecule has 1 aromatic carbocycles. The molecule has 0 saturated heterocycles. The number of thiophene rings is 1. The lowest BCUT2D eigenvalue weighted by Crippen LogP contribution is -1.98. The molecule has 4 heteroatoms. The summed E-state index contributed by atoms with van der Waals surface area (Å²) in [6.07, 6.45) is 1.93. The van der Waals surface area contributed by atoms with E-state index >= 15 is 0 Å². The maximum atomic E-state index is 10.2. The van der Waals surface area contributed by atoms with Gasteiger partial charge < -0.3 is 5.11 Å². The number of aromatic nitrogens is 1. The Morgan fingerprint density at radius 2 is 2.18 bits per heavy atom. The van der Waals surface area contributed by atoms with Crippen molar-refractivity contribution in [3.05, 3.63) is 51.8 Å². The zero-order valence-electron chi connectivity index (χ0n) is 9.04. The molecule has 1 atom stereocenters. The fourth-order valence-corrected chi connectivity index (χ4v) is 3.49. The van der Waals surface area contributed by atoms with Gasteiger partial charge in [0.15, 0.2) is 0 Å². The van der Waals surface area contributed by atoms with E-state index < -0.39 is 6.10 Å². The fourth-order valence-electron chi connectivity index (χ4n) is 1.79. The molecule has 0 fully saturated rings. The molecule has 0 spiro atoms. The van der Waals surface area contributed by atoms with Gasteiger partial charge in [-0.2, -0.15) is 0 Å². The van der Waals surface area contributed by atoms with Crippen molar-refractivity contribution in [2.24, 2.45) is 0 Å². The minimum Gasteiger partial charge on any atom is -0.387 e. The lowest BCUT2D eigenvalue weighted by atomic mass is 10.2. The molecule has 0 bridgehead atoms. The van der Waals surface area contributed by atoms with Gasteiger partial charge in [0, 0.05) is 27.6 Å². The maximum absolute atomic E-state index is 10.2. The number of rotatable bonds is 3. The summed E-state index contributed by atoms with van der Waals surface area (Å²) in [6, 6.07) is 10.3. The first-order chi connectivity index (χ1) is 8.33. The van der Waals surface area contributed by atoms with Gasteiger partial charge in [-0.1, -0.05) is 18.2 Å². The number of fused-ring (bicyclic) bond motifs is 1. The van der Waals surface area contributed by atoms with Crippen molar-refractivity contribution in [3.8, 4) is 0 Å². The molecule has 2 nitrogen and oxygen atoms in total. The summed E-state index contributed by atoms with van der Waals surface area (Å²) in [6.45, 7) is 0. The molecule has 2 heterocycles. The Bertz CT molecular complexity index is 582. The molecule has 0 saturated carbocycles. The highest BCUT2D eigenvalue weighted by atomic mass is 32.1. The molecule has 0 aliphatic rings. The molecule has 0 radical (unpaired) electrons. The van der Waals surface area contributed by atoms with Crippen LogP contribution >= 0.6 is 22.7 Å². The van der Waals surface area contributed by atoms with E-state index in [9.17, 15) is 5.11 Å². The Morgan fingerprint density at radius 3 is 2.94 bits per heavy atom. The normalized spacial score (nSPS) is 13.0. The van der Waals surface area contributed by atoms with Crippen molar-refractivity contribution in [3.63, 3.8) is 0 Å². The smallest absolute Gasteiger partial charge is 0.0954 e. The number of benzene rings is 1. The molecule has 1 N–H and O–H groups in total. The van der Waals surface area contributed by atoms with Crippen molar-refractivity contribution in [2.75, 3.05) is 0 Å². The number of nitrogens with zero attached hydrogens (tertiary/aromatic N) is 1. The molecule has 1 unspecified atom stereocenters. The predicted octanol–water partition coefficient (Wildman–Crippen LogP) is 3.63. The SMILES string of the molecule is OC(Cc1nccs1)c1cc2ccccc2s1. The van der Waals surface area contributed by atoms with Crippen molar-refractivity contribution < 1.29 is 5.11 Å². The van der Waals surface area contributed by atoms with Crippen LogP contribution in [0.1, 0.15) is 16.0 Å². The van der Waals surface area contributed by atoms with Gasteiger partial charge in [-0.25, -0.2) is 4.98 Å². The largest absolute Gasteiger partial charge is 0.387 e. The number of hydrogen-bond acceptors (Lipinski definition) is 4. The van der Waals surface area contributed by atoms with Crippen LogP contribution in [0.2, 0.25) is 0 Å². The molecule has 2 aromatic heterocycles. The minimum atomic E-state index is -0.446. The number of hydrogen-bond donors (Lipinski definition) is 1. The summed E-state index contributed by atoms with van der Waals surface area (Å²) in [5, 5.41) is 14.3. The number of aliphatic hydroxyl groups is 1. The second-order valence-corrected chi connectivity index (χ2v) is 5.93. The molecule has 0 aliphatic carbocycles. The zero-order chi connectivity index (χ0) is 11.7. The van der Waals surface area contributed by atoms with Crippen LogP contribution in [-0.2, 0) is 6.42 Å². The summed E-state index contributed by atoms with van der Waals surface area (Å²) in [5.41, 5.74) is 0. The molecular weight excluding hydrogens is 250 g/mol. The average Bonchev–Trinajstić information content (AvgIpc) is 2.96. The van der Waals surface area contributed by atoms with Crippen LogP contribution in [0, 0.1) is 0 Å². The van der Waals surface area contributed by atoms with Gasteiger partial charge in [0.2, 0.25) is 0 Å². The van der Waals surface area contributed by atoms with E-state index in [0.717, 1.165) is 9.88 Å². The Hall–Kier alpha value is -1.23. The van der Waals surface area contributed by atoms with Gasteiger partial charge in [-0.15, -0.1) is 22.7 Å². The highest BCUT2D eigenvalue weighted by Gasteiger charge is 2.13. The van der Waals surface area contributed by atoms with Gasteiger partial charge in [0.1, 0.15) is 0 Å². The van der Waals surface area contributed by atoms with Crippen LogP contribution in [-0.4, -0.2) is 10.1 Å². The summed E-state index contributed by atoms with van der Waals surface area (Å²) < 4.78 is 1.22. The van der Waals surface area contributed by atoms with Crippen molar-refractivity contribution in [1.29, 1.82) is 0 Å². The first-order valence-electron chi connectivity index (χ1n) is 5.38.